The minimum atomic E-state index is -0.361. The van der Waals surface area contributed by atoms with Crippen molar-refractivity contribution in [3.05, 3.63) is 65.9 Å². The number of carbonyl (C=O) groups excluding carboxylic acids is 2. The van der Waals surface area contributed by atoms with E-state index in [1.54, 1.807) is 7.11 Å². The molecule has 2 aromatic carbocycles. The molecule has 2 amide bonds. The van der Waals surface area contributed by atoms with Crippen LogP contribution in [0.1, 0.15) is 29.9 Å². The van der Waals surface area contributed by atoms with Crippen molar-refractivity contribution >= 4 is 22.7 Å². The molecule has 31 heavy (non-hydrogen) atoms. The van der Waals surface area contributed by atoms with Crippen molar-refractivity contribution < 1.29 is 14.3 Å². The van der Waals surface area contributed by atoms with Gasteiger partial charge in [0.25, 0.3) is 0 Å². The van der Waals surface area contributed by atoms with Gasteiger partial charge in [0.15, 0.2) is 0 Å². The van der Waals surface area contributed by atoms with Gasteiger partial charge in [-0.25, -0.2) is 0 Å². The Kier molecular flexibility index (Phi) is 6.23. The summed E-state index contributed by atoms with van der Waals surface area (Å²) in [5.74, 6) is 0.292. The second-order valence-electron chi connectivity index (χ2n) is 7.95. The van der Waals surface area contributed by atoms with E-state index in [2.05, 4.69) is 16.4 Å². The highest BCUT2D eigenvalue weighted by atomic mass is 16.5. The molecule has 0 spiro atoms. The Bertz CT molecular complexity index is 1060. The standard InChI is InChI=1S/C24H28N4O3/c1-31-17-10-8-16(9-11-17)19(20-14-26-21-6-3-2-5-18(20)21)13-27-23(29)15-28-12-4-7-22(28)24(25)30/h2-3,5-6,8-11,14,19,22,26H,4,7,12-13,15H2,1H3,(H2,25,30)(H,27,29)/t19-,22+/m0/s1. The number of primary amides is 1. The van der Waals surface area contributed by atoms with E-state index >= 15 is 0 Å². The second-order valence-corrected chi connectivity index (χ2v) is 7.95. The quantitative estimate of drug-likeness (QED) is 0.521. The number of aromatic amines is 1. The summed E-state index contributed by atoms with van der Waals surface area (Å²) in [6, 6.07) is 15.7. The zero-order valence-corrected chi connectivity index (χ0v) is 17.6. The number of H-pyrrole nitrogens is 1. The summed E-state index contributed by atoms with van der Waals surface area (Å²) in [4.78, 5) is 29.5. The van der Waals surface area contributed by atoms with Gasteiger partial charge in [-0.1, -0.05) is 30.3 Å². The normalized spacial score (nSPS) is 17.5. The molecule has 1 aliphatic heterocycles. The zero-order valence-electron chi connectivity index (χ0n) is 17.6. The molecule has 7 nitrogen and oxygen atoms in total. The van der Waals surface area contributed by atoms with Gasteiger partial charge in [-0.05, 0) is 48.7 Å². The first-order chi connectivity index (χ1) is 15.1. The van der Waals surface area contributed by atoms with Crippen LogP contribution >= 0.6 is 0 Å². The number of carbonyl (C=O) groups is 2. The molecular formula is C24H28N4O3. The predicted molar refractivity (Wildman–Crippen MR) is 120 cm³/mol. The van der Waals surface area contributed by atoms with Crippen molar-refractivity contribution in [1.82, 2.24) is 15.2 Å². The fraction of sp³-hybridized carbons (Fsp3) is 0.333. The van der Waals surface area contributed by atoms with Crippen LogP contribution in [0, 0.1) is 0 Å². The lowest BCUT2D eigenvalue weighted by molar-refractivity contribution is -0.125. The summed E-state index contributed by atoms with van der Waals surface area (Å²) in [6.07, 6.45) is 3.60. The van der Waals surface area contributed by atoms with Crippen LogP contribution in [0.2, 0.25) is 0 Å². The average Bonchev–Trinajstić information content (AvgIpc) is 3.42. The van der Waals surface area contributed by atoms with Crippen LogP contribution < -0.4 is 15.8 Å². The van der Waals surface area contributed by atoms with Gasteiger partial charge in [0.1, 0.15) is 5.75 Å². The van der Waals surface area contributed by atoms with Gasteiger partial charge in [0.2, 0.25) is 11.8 Å². The van der Waals surface area contributed by atoms with Gasteiger partial charge in [0.05, 0.1) is 19.7 Å². The Hall–Kier alpha value is -3.32. The number of nitrogens with one attached hydrogen (secondary N) is 2. The van der Waals surface area contributed by atoms with E-state index < -0.39 is 0 Å². The fourth-order valence-electron chi connectivity index (χ4n) is 4.42. The lowest BCUT2D eigenvalue weighted by Gasteiger charge is -2.23. The summed E-state index contributed by atoms with van der Waals surface area (Å²) in [5.41, 5.74) is 8.74. The van der Waals surface area contributed by atoms with Gasteiger partial charge in [0, 0.05) is 29.6 Å². The van der Waals surface area contributed by atoms with Crippen LogP contribution in [0.5, 0.6) is 5.75 Å². The number of benzene rings is 2. The number of methoxy groups -OCH3 is 1. The number of amides is 2. The van der Waals surface area contributed by atoms with Gasteiger partial charge in [-0.3, -0.25) is 14.5 Å². The third-order valence-electron chi connectivity index (χ3n) is 6.06. The number of ether oxygens (including phenoxy) is 1. The number of nitrogens with zero attached hydrogens (tertiary/aromatic N) is 1. The number of hydrogen-bond acceptors (Lipinski definition) is 4. The van der Waals surface area contributed by atoms with E-state index in [0.717, 1.165) is 34.2 Å². The molecule has 162 valence electrons. The number of likely N-dealkylation sites (tertiary alicyclic amines) is 1. The van der Waals surface area contributed by atoms with E-state index in [9.17, 15) is 9.59 Å². The van der Waals surface area contributed by atoms with Crippen LogP contribution in [0.3, 0.4) is 0 Å². The molecule has 1 aliphatic rings. The molecule has 7 heteroatoms. The van der Waals surface area contributed by atoms with Crippen molar-refractivity contribution in [2.45, 2.75) is 24.8 Å². The van der Waals surface area contributed by atoms with Gasteiger partial charge >= 0.3 is 0 Å². The Balaban J connectivity index is 1.53. The van der Waals surface area contributed by atoms with Gasteiger partial charge in [-0.15, -0.1) is 0 Å². The molecule has 4 N–H and O–H groups in total. The van der Waals surface area contributed by atoms with Gasteiger partial charge in [-0.2, -0.15) is 0 Å². The van der Waals surface area contributed by atoms with E-state index in [0.29, 0.717) is 19.5 Å². The maximum atomic E-state index is 12.7. The molecule has 0 unspecified atom stereocenters. The molecule has 3 aromatic rings. The topological polar surface area (TPSA) is 100 Å². The SMILES string of the molecule is COc1ccc([C@H](CNC(=O)CN2CCC[C@@H]2C(N)=O)c2c[nH]c3ccccc23)cc1. The summed E-state index contributed by atoms with van der Waals surface area (Å²) >= 11 is 0. The number of nitrogens with two attached hydrogens (primary N) is 1. The minimum Gasteiger partial charge on any atom is -0.497 e. The average molecular weight is 421 g/mol. The largest absolute Gasteiger partial charge is 0.497 e. The molecule has 0 radical (unpaired) electrons. The van der Waals surface area contributed by atoms with E-state index in [-0.39, 0.29) is 30.3 Å². The molecule has 1 aromatic heterocycles. The molecule has 2 atom stereocenters. The Morgan fingerprint density at radius 2 is 2.00 bits per heavy atom. The van der Waals surface area contributed by atoms with Crippen LogP contribution in [-0.4, -0.2) is 54.5 Å². The minimum absolute atomic E-state index is 0.0310. The molecule has 0 saturated carbocycles. The van der Waals surface area contributed by atoms with Crippen molar-refractivity contribution in [1.29, 1.82) is 0 Å². The third kappa shape index (κ3) is 4.56. The number of para-hydroxylation sites is 1. The first-order valence-electron chi connectivity index (χ1n) is 10.6. The molecule has 0 aliphatic carbocycles. The number of aromatic nitrogens is 1. The van der Waals surface area contributed by atoms with E-state index in [1.807, 2.05) is 53.6 Å². The lowest BCUT2D eigenvalue weighted by Crippen LogP contribution is -2.45. The highest BCUT2D eigenvalue weighted by Crippen LogP contribution is 2.31. The molecule has 2 heterocycles. The maximum Gasteiger partial charge on any atom is 0.234 e. The van der Waals surface area contributed by atoms with Crippen LogP contribution in [-0.2, 0) is 9.59 Å². The van der Waals surface area contributed by atoms with Crippen LogP contribution in [0.15, 0.2) is 54.7 Å². The van der Waals surface area contributed by atoms with E-state index in [1.165, 1.54) is 0 Å². The number of rotatable bonds is 8. The van der Waals surface area contributed by atoms with Crippen molar-refractivity contribution in [2.75, 3.05) is 26.7 Å². The summed E-state index contributed by atoms with van der Waals surface area (Å²) in [7, 11) is 1.64. The predicted octanol–water partition coefficient (Wildman–Crippen LogP) is 2.37. The van der Waals surface area contributed by atoms with Gasteiger partial charge < -0.3 is 20.8 Å². The molecule has 4 rings (SSSR count). The van der Waals surface area contributed by atoms with Crippen molar-refractivity contribution in [2.24, 2.45) is 5.73 Å². The Morgan fingerprint density at radius 1 is 1.23 bits per heavy atom. The smallest absolute Gasteiger partial charge is 0.234 e. The highest BCUT2D eigenvalue weighted by Gasteiger charge is 2.30. The molecule has 0 bridgehead atoms. The first-order valence-corrected chi connectivity index (χ1v) is 10.6. The number of hydrogen-bond donors (Lipinski definition) is 3. The van der Waals surface area contributed by atoms with Crippen molar-refractivity contribution in [3.63, 3.8) is 0 Å². The highest BCUT2D eigenvalue weighted by molar-refractivity contribution is 5.85. The Labute approximate surface area is 181 Å². The fourth-order valence-corrected chi connectivity index (χ4v) is 4.42. The lowest BCUT2D eigenvalue weighted by atomic mass is 9.90. The first kappa shape index (κ1) is 20.9. The van der Waals surface area contributed by atoms with Crippen LogP contribution in [0.25, 0.3) is 10.9 Å². The monoisotopic (exact) mass is 420 g/mol. The second kappa shape index (κ2) is 9.22. The van der Waals surface area contributed by atoms with Crippen molar-refractivity contribution in [3.8, 4) is 5.75 Å². The molecule has 1 saturated heterocycles. The Morgan fingerprint density at radius 3 is 2.74 bits per heavy atom. The number of fused-ring (bicyclic) bond motifs is 1. The zero-order chi connectivity index (χ0) is 21.8. The van der Waals surface area contributed by atoms with Crippen LogP contribution in [0.4, 0.5) is 0 Å². The maximum absolute atomic E-state index is 12.7. The third-order valence-corrected chi connectivity index (χ3v) is 6.06. The summed E-state index contributed by atoms with van der Waals surface area (Å²) < 4.78 is 5.29. The summed E-state index contributed by atoms with van der Waals surface area (Å²) in [5, 5.41) is 4.20. The molecular weight excluding hydrogens is 392 g/mol. The summed E-state index contributed by atoms with van der Waals surface area (Å²) in [6.45, 7) is 1.34. The molecule has 1 fully saturated rings. The van der Waals surface area contributed by atoms with E-state index in [4.69, 9.17) is 10.5 Å².